The van der Waals surface area contributed by atoms with E-state index >= 15 is 0 Å². The van der Waals surface area contributed by atoms with Crippen molar-refractivity contribution in [1.29, 1.82) is 0 Å². The van der Waals surface area contributed by atoms with E-state index in [1.807, 2.05) is 18.4 Å². The van der Waals surface area contributed by atoms with E-state index in [1.54, 1.807) is 6.33 Å². The minimum atomic E-state index is -0.333. The average Bonchev–Trinajstić information content (AvgIpc) is 2.65. The van der Waals surface area contributed by atoms with E-state index < -0.39 is 0 Å². The highest BCUT2D eigenvalue weighted by atomic mass is 16.1. The van der Waals surface area contributed by atoms with Gasteiger partial charge >= 0.3 is 0 Å². The van der Waals surface area contributed by atoms with Crippen molar-refractivity contribution < 1.29 is 4.79 Å². The summed E-state index contributed by atoms with van der Waals surface area (Å²) in [6.45, 7) is 5.25. The summed E-state index contributed by atoms with van der Waals surface area (Å²) in [5.41, 5.74) is 5.21. The molecular formula is C9H17N5O. The number of primary amides is 1. The zero-order valence-electron chi connectivity index (χ0n) is 9.10. The molecule has 0 spiro atoms. The highest BCUT2D eigenvalue weighted by Crippen LogP contribution is 1.96. The van der Waals surface area contributed by atoms with Gasteiger partial charge in [-0.2, -0.15) is 0 Å². The molecule has 0 bridgehead atoms. The van der Waals surface area contributed by atoms with Crippen LogP contribution in [0.25, 0.3) is 0 Å². The molecule has 1 amide bonds. The monoisotopic (exact) mass is 211 g/mol. The fourth-order valence-electron chi connectivity index (χ4n) is 1.34. The Morgan fingerprint density at radius 3 is 2.93 bits per heavy atom. The Morgan fingerprint density at radius 1 is 1.67 bits per heavy atom. The summed E-state index contributed by atoms with van der Waals surface area (Å²) < 4.78 is 1.92. The molecule has 6 heteroatoms. The molecule has 0 saturated carbocycles. The molecule has 84 valence electrons. The number of rotatable bonds is 6. The van der Waals surface area contributed by atoms with E-state index in [2.05, 4.69) is 15.5 Å². The van der Waals surface area contributed by atoms with Crippen molar-refractivity contribution in [3.05, 3.63) is 12.2 Å². The topological polar surface area (TPSA) is 85.8 Å². The molecule has 1 rings (SSSR count). The van der Waals surface area contributed by atoms with Crippen LogP contribution in [0.4, 0.5) is 0 Å². The number of nitrogens with two attached hydrogens (primary N) is 1. The first-order valence-electron chi connectivity index (χ1n) is 5.08. The minimum absolute atomic E-state index is 0.299. The maximum absolute atomic E-state index is 11.0. The van der Waals surface area contributed by atoms with Gasteiger partial charge < -0.3 is 10.3 Å². The summed E-state index contributed by atoms with van der Waals surface area (Å²) in [5.74, 6) is 0.484. The van der Waals surface area contributed by atoms with Gasteiger partial charge in [0, 0.05) is 6.54 Å². The molecule has 1 heterocycles. The molecule has 1 aromatic heterocycles. The summed E-state index contributed by atoms with van der Waals surface area (Å²) in [5, 5.41) is 10.8. The van der Waals surface area contributed by atoms with Gasteiger partial charge in [-0.3, -0.25) is 10.1 Å². The van der Waals surface area contributed by atoms with Crippen molar-refractivity contribution in [2.45, 2.75) is 39.4 Å². The number of carbonyl (C=O) groups is 1. The number of nitrogens with one attached hydrogen (secondary N) is 1. The molecule has 0 aliphatic rings. The molecule has 0 aliphatic carbocycles. The van der Waals surface area contributed by atoms with Crippen molar-refractivity contribution in [1.82, 2.24) is 20.1 Å². The highest BCUT2D eigenvalue weighted by Gasteiger charge is 2.12. The molecular weight excluding hydrogens is 194 g/mol. The lowest BCUT2D eigenvalue weighted by Crippen LogP contribution is -2.40. The lowest BCUT2D eigenvalue weighted by Gasteiger charge is -2.12. The zero-order chi connectivity index (χ0) is 11.3. The fourth-order valence-corrected chi connectivity index (χ4v) is 1.34. The first kappa shape index (κ1) is 11.6. The standard InChI is InChI=1S/C9H17N5O/c1-3-7(9(10)15)11-5-8-13-12-6-14(8)4-2/h6-7,11H,3-5H2,1-2H3,(H2,10,15). The van der Waals surface area contributed by atoms with Gasteiger partial charge in [0.1, 0.15) is 12.2 Å². The van der Waals surface area contributed by atoms with E-state index in [1.165, 1.54) is 0 Å². The van der Waals surface area contributed by atoms with E-state index in [0.29, 0.717) is 13.0 Å². The van der Waals surface area contributed by atoms with E-state index in [-0.39, 0.29) is 11.9 Å². The van der Waals surface area contributed by atoms with Gasteiger partial charge in [0.05, 0.1) is 12.6 Å². The van der Waals surface area contributed by atoms with Crippen molar-refractivity contribution in [2.24, 2.45) is 5.73 Å². The van der Waals surface area contributed by atoms with Crippen LogP contribution in [0.3, 0.4) is 0 Å². The Balaban J connectivity index is 2.52. The molecule has 0 fully saturated rings. The lowest BCUT2D eigenvalue weighted by molar-refractivity contribution is -0.120. The summed E-state index contributed by atoms with van der Waals surface area (Å²) in [7, 11) is 0. The zero-order valence-corrected chi connectivity index (χ0v) is 9.10. The van der Waals surface area contributed by atoms with Gasteiger partial charge in [-0.25, -0.2) is 0 Å². The molecule has 1 atom stereocenters. The van der Waals surface area contributed by atoms with Gasteiger partial charge in [0.2, 0.25) is 5.91 Å². The third-order valence-corrected chi connectivity index (χ3v) is 2.29. The third kappa shape index (κ3) is 3.02. The van der Waals surface area contributed by atoms with Crippen molar-refractivity contribution >= 4 is 5.91 Å². The first-order valence-corrected chi connectivity index (χ1v) is 5.08. The molecule has 3 N–H and O–H groups in total. The van der Waals surface area contributed by atoms with Crippen LogP contribution >= 0.6 is 0 Å². The highest BCUT2D eigenvalue weighted by molar-refractivity contribution is 5.79. The number of hydrogen-bond acceptors (Lipinski definition) is 4. The van der Waals surface area contributed by atoms with Gasteiger partial charge in [-0.1, -0.05) is 6.92 Å². The molecule has 0 aliphatic heterocycles. The Kier molecular flexibility index (Phi) is 4.23. The third-order valence-electron chi connectivity index (χ3n) is 2.29. The molecule has 1 unspecified atom stereocenters. The number of carbonyl (C=O) groups excluding carboxylic acids is 1. The minimum Gasteiger partial charge on any atom is -0.368 e. The summed E-state index contributed by atoms with van der Waals surface area (Å²) >= 11 is 0. The largest absolute Gasteiger partial charge is 0.368 e. The molecule has 6 nitrogen and oxygen atoms in total. The molecule has 15 heavy (non-hydrogen) atoms. The van der Waals surface area contributed by atoms with Crippen molar-refractivity contribution in [2.75, 3.05) is 0 Å². The Hall–Kier alpha value is -1.43. The lowest BCUT2D eigenvalue weighted by atomic mass is 10.2. The summed E-state index contributed by atoms with van der Waals surface area (Å²) in [4.78, 5) is 11.0. The van der Waals surface area contributed by atoms with Crippen LogP contribution in [0.5, 0.6) is 0 Å². The van der Waals surface area contributed by atoms with E-state index in [4.69, 9.17) is 5.73 Å². The molecule has 1 aromatic rings. The predicted octanol–water partition coefficient (Wildman–Crippen LogP) is -0.348. The second-order valence-corrected chi connectivity index (χ2v) is 3.28. The molecule has 0 saturated heterocycles. The Morgan fingerprint density at radius 2 is 2.40 bits per heavy atom. The second kappa shape index (κ2) is 5.45. The van der Waals surface area contributed by atoms with Crippen LogP contribution in [0.2, 0.25) is 0 Å². The Labute approximate surface area is 88.9 Å². The first-order chi connectivity index (χ1) is 7.19. The number of nitrogens with zero attached hydrogens (tertiary/aromatic N) is 3. The fraction of sp³-hybridized carbons (Fsp3) is 0.667. The normalized spacial score (nSPS) is 12.7. The van der Waals surface area contributed by atoms with Crippen LogP contribution in [-0.4, -0.2) is 26.7 Å². The molecule has 0 radical (unpaired) electrons. The number of amides is 1. The quantitative estimate of drug-likeness (QED) is 0.673. The van der Waals surface area contributed by atoms with Gasteiger partial charge in [0.15, 0.2) is 0 Å². The maximum Gasteiger partial charge on any atom is 0.234 e. The maximum atomic E-state index is 11.0. The molecule has 0 aromatic carbocycles. The van der Waals surface area contributed by atoms with Crippen LogP contribution in [0.1, 0.15) is 26.1 Å². The number of aromatic nitrogens is 3. The van der Waals surface area contributed by atoms with Crippen molar-refractivity contribution in [3.8, 4) is 0 Å². The van der Waals surface area contributed by atoms with Crippen molar-refractivity contribution in [3.63, 3.8) is 0 Å². The van der Waals surface area contributed by atoms with Gasteiger partial charge in [-0.15, -0.1) is 10.2 Å². The van der Waals surface area contributed by atoms with Crippen LogP contribution in [-0.2, 0) is 17.9 Å². The van der Waals surface area contributed by atoms with E-state index in [9.17, 15) is 4.79 Å². The van der Waals surface area contributed by atoms with Crippen LogP contribution < -0.4 is 11.1 Å². The summed E-state index contributed by atoms with van der Waals surface area (Å²) in [6.07, 6.45) is 2.35. The SMILES string of the molecule is CCC(NCc1nncn1CC)C(N)=O. The van der Waals surface area contributed by atoms with Crippen LogP contribution in [0.15, 0.2) is 6.33 Å². The summed E-state index contributed by atoms with van der Waals surface area (Å²) in [6, 6.07) is -0.299. The number of aryl methyl sites for hydroxylation is 1. The predicted molar refractivity (Wildman–Crippen MR) is 55.8 cm³/mol. The van der Waals surface area contributed by atoms with Gasteiger partial charge in [0.25, 0.3) is 0 Å². The average molecular weight is 211 g/mol. The van der Waals surface area contributed by atoms with E-state index in [0.717, 1.165) is 12.4 Å². The smallest absolute Gasteiger partial charge is 0.234 e. The van der Waals surface area contributed by atoms with Crippen LogP contribution in [0, 0.1) is 0 Å². The number of hydrogen-bond donors (Lipinski definition) is 2. The second-order valence-electron chi connectivity index (χ2n) is 3.28. The Bertz CT molecular complexity index is 322. The van der Waals surface area contributed by atoms with Gasteiger partial charge in [-0.05, 0) is 13.3 Å².